The molecule has 1 N–H and O–H groups in total. The minimum Gasteiger partial charge on any atom is -0.482 e. The van der Waals surface area contributed by atoms with Crippen molar-refractivity contribution in [3.05, 3.63) is 29.8 Å². The first-order valence-electron chi connectivity index (χ1n) is 5.58. The summed E-state index contributed by atoms with van der Waals surface area (Å²) in [7, 11) is 0. The third-order valence-electron chi connectivity index (χ3n) is 2.31. The normalized spacial score (nSPS) is 10.8. The Morgan fingerprint density at radius 3 is 2.89 bits per heavy atom. The predicted octanol–water partition coefficient (Wildman–Crippen LogP) is 1.47. The summed E-state index contributed by atoms with van der Waals surface area (Å²) >= 11 is 0. The van der Waals surface area contributed by atoms with E-state index in [4.69, 9.17) is 16.4 Å². The Balaban J connectivity index is 2.53. The van der Waals surface area contributed by atoms with Gasteiger partial charge in [-0.1, -0.05) is 25.0 Å². The van der Waals surface area contributed by atoms with Crippen LogP contribution in [-0.4, -0.2) is 18.6 Å². The molecule has 1 amide bonds. The van der Waals surface area contributed by atoms with Gasteiger partial charge in [-0.3, -0.25) is 4.79 Å². The van der Waals surface area contributed by atoms with Crippen LogP contribution in [0.25, 0.3) is 0 Å². The molecule has 0 spiro atoms. The van der Waals surface area contributed by atoms with E-state index in [1.807, 2.05) is 13.0 Å². The summed E-state index contributed by atoms with van der Waals surface area (Å²) < 4.78 is 5.28. The second-order valence-corrected chi connectivity index (χ2v) is 3.59. The van der Waals surface area contributed by atoms with E-state index in [-0.39, 0.29) is 18.6 Å². The molecule has 0 fully saturated rings. The lowest BCUT2D eigenvalue weighted by Gasteiger charge is -2.11. The molecular weight excluding hydrogens is 228 g/mol. The summed E-state index contributed by atoms with van der Waals surface area (Å²) in [6, 6.07) is 8.45. The van der Waals surface area contributed by atoms with Crippen LogP contribution in [0.1, 0.15) is 18.9 Å². The molecule has 0 bridgehead atoms. The van der Waals surface area contributed by atoms with Gasteiger partial charge < -0.3 is 10.1 Å². The van der Waals surface area contributed by atoms with Gasteiger partial charge in [-0.15, -0.1) is 6.42 Å². The molecule has 18 heavy (non-hydrogen) atoms. The van der Waals surface area contributed by atoms with Crippen molar-refractivity contribution in [3.8, 4) is 24.2 Å². The molecule has 0 radical (unpaired) electrons. The lowest BCUT2D eigenvalue weighted by molar-refractivity contribution is -0.123. The van der Waals surface area contributed by atoms with Crippen molar-refractivity contribution in [1.82, 2.24) is 5.32 Å². The summed E-state index contributed by atoms with van der Waals surface area (Å²) in [5.41, 5.74) is 0.397. The third kappa shape index (κ3) is 3.84. The number of hydrogen-bond acceptors (Lipinski definition) is 3. The second kappa shape index (κ2) is 6.98. The number of nitrogens with zero attached hydrogens (tertiary/aromatic N) is 1. The molecule has 1 atom stereocenters. The first kappa shape index (κ1) is 13.6. The number of terminal acetylenes is 1. The highest BCUT2D eigenvalue weighted by atomic mass is 16.5. The molecule has 0 saturated heterocycles. The first-order chi connectivity index (χ1) is 8.71. The lowest BCUT2D eigenvalue weighted by Crippen LogP contribution is -2.36. The SMILES string of the molecule is C#CC(CC)NC(=O)COc1ccccc1C#N. The van der Waals surface area contributed by atoms with Crippen LogP contribution in [0.3, 0.4) is 0 Å². The first-order valence-corrected chi connectivity index (χ1v) is 5.58. The van der Waals surface area contributed by atoms with Gasteiger partial charge in [0.1, 0.15) is 11.8 Å². The molecule has 4 heteroatoms. The Hall–Kier alpha value is -2.46. The number of para-hydroxylation sites is 1. The molecule has 1 aromatic carbocycles. The molecule has 0 saturated carbocycles. The number of ether oxygens (including phenoxy) is 1. The van der Waals surface area contributed by atoms with Crippen LogP contribution in [0.4, 0.5) is 0 Å². The van der Waals surface area contributed by atoms with Crippen LogP contribution in [0.2, 0.25) is 0 Å². The lowest BCUT2D eigenvalue weighted by atomic mass is 10.2. The van der Waals surface area contributed by atoms with Crippen molar-refractivity contribution in [2.45, 2.75) is 19.4 Å². The Morgan fingerprint density at radius 1 is 1.56 bits per heavy atom. The van der Waals surface area contributed by atoms with Gasteiger partial charge in [0.25, 0.3) is 5.91 Å². The number of carbonyl (C=O) groups is 1. The predicted molar refractivity (Wildman–Crippen MR) is 67.7 cm³/mol. The van der Waals surface area contributed by atoms with E-state index in [1.54, 1.807) is 24.3 Å². The van der Waals surface area contributed by atoms with Crippen LogP contribution in [0.15, 0.2) is 24.3 Å². The van der Waals surface area contributed by atoms with Crippen LogP contribution >= 0.6 is 0 Å². The molecule has 0 aliphatic heterocycles. The van der Waals surface area contributed by atoms with E-state index in [9.17, 15) is 4.79 Å². The summed E-state index contributed by atoms with van der Waals surface area (Å²) in [6.45, 7) is 1.73. The van der Waals surface area contributed by atoms with Crippen molar-refractivity contribution in [2.75, 3.05) is 6.61 Å². The Bertz CT molecular complexity index is 497. The number of hydrogen-bond donors (Lipinski definition) is 1. The smallest absolute Gasteiger partial charge is 0.258 e. The molecule has 92 valence electrons. The number of rotatable bonds is 5. The molecule has 0 heterocycles. The molecule has 1 aromatic rings. The Morgan fingerprint density at radius 2 is 2.28 bits per heavy atom. The Kier molecular flexibility index (Phi) is 5.28. The van der Waals surface area contributed by atoms with Gasteiger partial charge in [0.15, 0.2) is 6.61 Å². The average Bonchev–Trinajstić information content (AvgIpc) is 2.42. The van der Waals surface area contributed by atoms with Gasteiger partial charge in [0.2, 0.25) is 0 Å². The summed E-state index contributed by atoms with van der Waals surface area (Å²) in [5.74, 6) is 2.56. The van der Waals surface area contributed by atoms with Crippen molar-refractivity contribution >= 4 is 5.91 Å². The molecule has 4 nitrogen and oxygen atoms in total. The topological polar surface area (TPSA) is 62.1 Å². The van der Waals surface area contributed by atoms with E-state index in [0.29, 0.717) is 17.7 Å². The van der Waals surface area contributed by atoms with Gasteiger partial charge in [-0.2, -0.15) is 5.26 Å². The van der Waals surface area contributed by atoms with E-state index in [1.165, 1.54) is 0 Å². The van der Waals surface area contributed by atoms with Crippen molar-refractivity contribution < 1.29 is 9.53 Å². The minimum absolute atomic E-state index is 0.156. The van der Waals surface area contributed by atoms with E-state index in [0.717, 1.165) is 0 Å². The van der Waals surface area contributed by atoms with Gasteiger partial charge in [-0.25, -0.2) is 0 Å². The number of amides is 1. The highest BCUT2D eigenvalue weighted by Gasteiger charge is 2.09. The molecule has 1 rings (SSSR count). The minimum atomic E-state index is -0.299. The summed E-state index contributed by atoms with van der Waals surface area (Å²) in [6.07, 6.45) is 5.90. The van der Waals surface area contributed by atoms with Crippen LogP contribution in [0, 0.1) is 23.7 Å². The highest BCUT2D eigenvalue weighted by Crippen LogP contribution is 2.16. The fourth-order valence-corrected chi connectivity index (χ4v) is 1.33. The standard InChI is InChI=1S/C14H14N2O2/c1-3-12(4-2)16-14(17)10-18-13-8-6-5-7-11(13)9-15/h1,5-8,12H,4,10H2,2H3,(H,16,17). The van der Waals surface area contributed by atoms with E-state index >= 15 is 0 Å². The van der Waals surface area contributed by atoms with Gasteiger partial charge in [0, 0.05) is 0 Å². The summed E-state index contributed by atoms with van der Waals surface area (Å²) in [4.78, 5) is 11.5. The van der Waals surface area contributed by atoms with Crippen molar-refractivity contribution in [3.63, 3.8) is 0 Å². The van der Waals surface area contributed by atoms with Crippen molar-refractivity contribution in [1.29, 1.82) is 5.26 Å². The Labute approximate surface area is 107 Å². The van der Waals surface area contributed by atoms with E-state index < -0.39 is 0 Å². The molecule has 0 aliphatic carbocycles. The van der Waals surface area contributed by atoms with Crippen LogP contribution < -0.4 is 10.1 Å². The largest absolute Gasteiger partial charge is 0.482 e. The average molecular weight is 242 g/mol. The van der Waals surface area contributed by atoms with Gasteiger partial charge in [-0.05, 0) is 18.6 Å². The molecule has 0 aromatic heterocycles. The number of carbonyl (C=O) groups excluding carboxylic acids is 1. The fourth-order valence-electron chi connectivity index (χ4n) is 1.33. The van der Waals surface area contributed by atoms with E-state index in [2.05, 4.69) is 11.2 Å². The second-order valence-electron chi connectivity index (χ2n) is 3.59. The van der Waals surface area contributed by atoms with Crippen LogP contribution in [-0.2, 0) is 4.79 Å². The zero-order chi connectivity index (χ0) is 13.4. The highest BCUT2D eigenvalue weighted by molar-refractivity contribution is 5.78. The maximum absolute atomic E-state index is 11.5. The maximum Gasteiger partial charge on any atom is 0.258 e. The number of nitrogens with one attached hydrogen (secondary N) is 1. The monoisotopic (exact) mass is 242 g/mol. The van der Waals surface area contributed by atoms with Gasteiger partial charge >= 0.3 is 0 Å². The van der Waals surface area contributed by atoms with Crippen LogP contribution in [0.5, 0.6) is 5.75 Å². The molecular formula is C14H14N2O2. The number of nitriles is 1. The third-order valence-corrected chi connectivity index (χ3v) is 2.31. The quantitative estimate of drug-likeness (QED) is 0.795. The van der Waals surface area contributed by atoms with Gasteiger partial charge in [0.05, 0.1) is 11.6 Å². The zero-order valence-corrected chi connectivity index (χ0v) is 10.1. The maximum atomic E-state index is 11.5. The molecule has 0 aliphatic rings. The zero-order valence-electron chi connectivity index (χ0n) is 10.1. The fraction of sp³-hybridized carbons (Fsp3) is 0.286. The summed E-state index contributed by atoms with van der Waals surface area (Å²) in [5, 5.41) is 11.5. The van der Waals surface area contributed by atoms with Crippen molar-refractivity contribution in [2.24, 2.45) is 0 Å². The molecule has 1 unspecified atom stereocenters. The number of benzene rings is 1.